The molecule has 0 aliphatic carbocycles. The Kier molecular flexibility index (Phi) is 11.1. The first kappa shape index (κ1) is 33.7. The third kappa shape index (κ3) is 8.74. The van der Waals surface area contributed by atoms with Crippen molar-refractivity contribution >= 4 is 39.1 Å². The second-order valence-corrected chi connectivity index (χ2v) is 13.9. The molecule has 4 rings (SSSR count). The summed E-state index contributed by atoms with van der Waals surface area (Å²) >= 11 is 6.24. The fourth-order valence-electron chi connectivity index (χ4n) is 5.07. The van der Waals surface area contributed by atoms with Gasteiger partial charge >= 0.3 is 0 Å². The predicted molar refractivity (Wildman–Crippen MR) is 181 cm³/mol. The third-order valence-corrected chi connectivity index (χ3v) is 9.50. The lowest BCUT2D eigenvalue weighted by molar-refractivity contribution is -0.140. The van der Waals surface area contributed by atoms with Gasteiger partial charge in [-0.15, -0.1) is 0 Å². The molecule has 0 radical (unpaired) electrons. The number of nitrogens with one attached hydrogen (secondary N) is 1. The monoisotopic (exact) mass is 645 g/mol. The first-order valence-corrected chi connectivity index (χ1v) is 16.7. The van der Waals surface area contributed by atoms with E-state index in [1.165, 1.54) is 17.0 Å². The highest BCUT2D eigenvalue weighted by Crippen LogP contribution is 2.30. The molecule has 0 aliphatic rings. The summed E-state index contributed by atoms with van der Waals surface area (Å²) in [6.07, 6.45) is 0.252. The molecule has 2 amide bonds. The van der Waals surface area contributed by atoms with Crippen LogP contribution in [0, 0.1) is 20.8 Å². The van der Waals surface area contributed by atoms with E-state index in [1.54, 1.807) is 37.3 Å². The molecule has 0 fully saturated rings. The van der Waals surface area contributed by atoms with Crippen LogP contribution in [0.4, 0.5) is 5.69 Å². The number of halogens is 1. The molecule has 0 bridgehead atoms. The lowest BCUT2D eigenvalue weighted by Gasteiger charge is -2.34. The quantitative estimate of drug-likeness (QED) is 0.188. The van der Waals surface area contributed by atoms with E-state index in [0.717, 1.165) is 26.6 Å². The molecule has 1 N–H and O–H groups in total. The van der Waals surface area contributed by atoms with Crippen molar-refractivity contribution in [2.24, 2.45) is 0 Å². The average Bonchev–Trinajstić information content (AvgIpc) is 2.99. The van der Waals surface area contributed by atoms with Gasteiger partial charge in [-0.1, -0.05) is 89.5 Å². The molecule has 0 saturated heterocycles. The molecule has 45 heavy (non-hydrogen) atoms. The van der Waals surface area contributed by atoms with Crippen LogP contribution in [0.25, 0.3) is 0 Å². The number of carbonyl (C=O) groups excluding carboxylic acids is 2. The number of hydrogen-bond acceptors (Lipinski definition) is 4. The summed E-state index contributed by atoms with van der Waals surface area (Å²) in [5.41, 5.74) is 4.58. The molecule has 7 nitrogen and oxygen atoms in total. The van der Waals surface area contributed by atoms with Crippen molar-refractivity contribution in [3.63, 3.8) is 0 Å². The zero-order valence-corrected chi connectivity index (χ0v) is 27.9. The summed E-state index contributed by atoms with van der Waals surface area (Å²) in [7, 11) is -4.19. The zero-order chi connectivity index (χ0) is 32.7. The van der Waals surface area contributed by atoms with Crippen molar-refractivity contribution in [1.82, 2.24) is 10.2 Å². The minimum Gasteiger partial charge on any atom is -0.352 e. The van der Waals surface area contributed by atoms with Gasteiger partial charge in [-0.25, -0.2) is 8.42 Å². The standard InChI is InChI=1S/C36H40ClN3O4S/c1-25(2)38-36(42)34(22-29-9-7-6-8-10-29)39(23-30-15-11-26(3)12-16-30)35(41)24-40(33-20-17-31(37)21-28(33)5)45(43,44)32-18-13-27(4)14-19-32/h6-21,25,34H,22-24H2,1-5H3,(H,38,42)/t34-/m0/s1. The van der Waals surface area contributed by atoms with Gasteiger partial charge in [0.2, 0.25) is 11.8 Å². The highest BCUT2D eigenvalue weighted by molar-refractivity contribution is 7.92. The summed E-state index contributed by atoms with van der Waals surface area (Å²) < 4.78 is 29.6. The molecular weight excluding hydrogens is 606 g/mol. The summed E-state index contributed by atoms with van der Waals surface area (Å²) in [6.45, 7) is 8.92. The van der Waals surface area contributed by atoms with Crippen molar-refractivity contribution in [3.05, 3.63) is 130 Å². The molecular formula is C36H40ClN3O4S. The molecule has 0 aromatic heterocycles. The molecule has 4 aromatic rings. The maximum absolute atomic E-state index is 14.5. The van der Waals surface area contributed by atoms with Gasteiger partial charge in [-0.05, 0) is 81.6 Å². The summed E-state index contributed by atoms with van der Waals surface area (Å²) in [5, 5.41) is 3.42. The average molecular weight is 646 g/mol. The van der Waals surface area contributed by atoms with Gasteiger partial charge in [0.1, 0.15) is 12.6 Å². The normalized spacial score (nSPS) is 12.1. The number of rotatable bonds is 12. The number of anilines is 1. The van der Waals surface area contributed by atoms with Crippen LogP contribution in [-0.4, -0.2) is 43.8 Å². The topological polar surface area (TPSA) is 86.8 Å². The smallest absolute Gasteiger partial charge is 0.264 e. The van der Waals surface area contributed by atoms with E-state index in [9.17, 15) is 18.0 Å². The molecule has 9 heteroatoms. The highest BCUT2D eigenvalue weighted by atomic mass is 35.5. The predicted octanol–water partition coefficient (Wildman–Crippen LogP) is 6.63. The van der Waals surface area contributed by atoms with E-state index in [1.807, 2.05) is 82.3 Å². The van der Waals surface area contributed by atoms with Crippen LogP contribution in [0.1, 0.15) is 41.7 Å². The number of aryl methyl sites for hydroxylation is 3. The zero-order valence-electron chi connectivity index (χ0n) is 26.3. The number of sulfonamides is 1. The number of carbonyl (C=O) groups is 2. The van der Waals surface area contributed by atoms with E-state index in [2.05, 4.69) is 5.32 Å². The van der Waals surface area contributed by atoms with E-state index >= 15 is 0 Å². The van der Waals surface area contributed by atoms with Gasteiger partial charge < -0.3 is 10.2 Å². The van der Waals surface area contributed by atoms with Gasteiger partial charge in [0.15, 0.2) is 0 Å². The molecule has 0 unspecified atom stereocenters. The van der Waals surface area contributed by atoms with E-state index in [0.29, 0.717) is 16.3 Å². The van der Waals surface area contributed by atoms with Crippen molar-refractivity contribution in [1.29, 1.82) is 0 Å². The Labute approximate surface area is 271 Å². The highest BCUT2D eigenvalue weighted by Gasteiger charge is 2.35. The maximum atomic E-state index is 14.5. The van der Waals surface area contributed by atoms with Crippen molar-refractivity contribution in [2.75, 3.05) is 10.8 Å². The Morgan fingerprint density at radius 2 is 1.40 bits per heavy atom. The largest absolute Gasteiger partial charge is 0.352 e. The van der Waals surface area contributed by atoms with Crippen LogP contribution in [0.15, 0.2) is 102 Å². The fourth-order valence-corrected chi connectivity index (χ4v) is 6.78. The van der Waals surface area contributed by atoms with E-state index in [-0.39, 0.29) is 29.8 Å². The number of amides is 2. The fraction of sp³-hybridized carbons (Fsp3) is 0.278. The van der Waals surface area contributed by atoms with Crippen molar-refractivity contribution in [2.45, 2.75) is 64.6 Å². The maximum Gasteiger partial charge on any atom is 0.264 e. The van der Waals surface area contributed by atoms with Gasteiger partial charge in [-0.2, -0.15) is 0 Å². The molecule has 4 aromatic carbocycles. The Bertz CT molecular complexity index is 1720. The first-order valence-electron chi connectivity index (χ1n) is 14.9. The van der Waals surface area contributed by atoms with E-state index in [4.69, 9.17) is 11.6 Å². The van der Waals surface area contributed by atoms with Gasteiger partial charge in [0, 0.05) is 24.0 Å². The van der Waals surface area contributed by atoms with Gasteiger partial charge in [0.05, 0.1) is 10.6 Å². The van der Waals surface area contributed by atoms with Crippen LogP contribution < -0.4 is 9.62 Å². The summed E-state index contributed by atoms with van der Waals surface area (Å²) in [6, 6.07) is 27.5. The second-order valence-electron chi connectivity index (χ2n) is 11.6. The van der Waals surface area contributed by atoms with Crippen LogP contribution in [0.5, 0.6) is 0 Å². The van der Waals surface area contributed by atoms with Crippen LogP contribution in [0.2, 0.25) is 5.02 Å². The number of hydrogen-bond donors (Lipinski definition) is 1. The molecule has 0 aliphatic heterocycles. The Balaban J connectivity index is 1.82. The molecule has 0 heterocycles. The summed E-state index contributed by atoms with van der Waals surface area (Å²) in [4.78, 5) is 29.9. The Morgan fingerprint density at radius 1 is 0.800 bits per heavy atom. The summed E-state index contributed by atoms with van der Waals surface area (Å²) in [5.74, 6) is -0.828. The molecule has 0 spiro atoms. The minimum absolute atomic E-state index is 0.0544. The molecule has 1 atom stereocenters. The molecule has 236 valence electrons. The van der Waals surface area contributed by atoms with E-state index < -0.39 is 28.5 Å². The van der Waals surface area contributed by atoms with Crippen molar-refractivity contribution in [3.8, 4) is 0 Å². The second kappa shape index (κ2) is 14.8. The lowest BCUT2D eigenvalue weighted by Crippen LogP contribution is -2.54. The Hall–Kier alpha value is -4.14. The number of benzene rings is 4. The lowest BCUT2D eigenvalue weighted by atomic mass is 10.0. The molecule has 0 saturated carbocycles. The van der Waals surface area contributed by atoms with Crippen LogP contribution >= 0.6 is 11.6 Å². The number of nitrogens with zero attached hydrogens (tertiary/aromatic N) is 2. The van der Waals surface area contributed by atoms with Gasteiger partial charge in [-0.3, -0.25) is 13.9 Å². The first-order chi connectivity index (χ1) is 21.3. The minimum atomic E-state index is -4.19. The Morgan fingerprint density at radius 3 is 1.98 bits per heavy atom. The van der Waals surface area contributed by atoms with Crippen LogP contribution in [0.3, 0.4) is 0 Å². The SMILES string of the molecule is Cc1ccc(CN(C(=O)CN(c2ccc(Cl)cc2C)S(=O)(=O)c2ccc(C)cc2)[C@@H](Cc2ccccc2)C(=O)NC(C)C)cc1. The third-order valence-electron chi connectivity index (χ3n) is 7.49. The van der Waals surface area contributed by atoms with Gasteiger partial charge in [0.25, 0.3) is 10.0 Å². The van der Waals surface area contributed by atoms with Crippen molar-refractivity contribution < 1.29 is 18.0 Å². The van der Waals surface area contributed by atoms with Crippen LogP contribution in [-0.2, 0) is 32.6 Å².